The largest absolute Gasteiger partial charge is 0.467 e. The van der Waals surface area contributed by atoms with E-state index in [0.29, 0.717) is 21.8 Å². The smallest absolute Gasteiger partial charge is 0.262 e. The second-order valence-corrected chi connectivity index (χ2v) is 7.40. The Morgan fingerprint density at radius 3 is 2.59 bits per heavy atom. The molecule has 2 aromatic carbocycles. The average molecular weight is 405 g/mol. The van der Waals surface area contributed by atoms with E-state index in [1.807, 2.05) is 48.5 Å². The highest BCUT2D eigenvalue weighted by Crippen LogP contribution is 2.21. The maximum Gasteiger partial charge on any atom is 0.262 e. The quantitative estimate of drug-likeness (QED) is 0.361. The number of hydrogen-bond acceptors (Lipinski definition) is 5. The summed E-state index contributed by atoms with van der Waals surface area (Å²) in [5.74, 6) is 0.737. The molecule has 0 spiro atoms. The van der Waals surface area contributed by atoms with Crippen LogP contribution in [-0.2, 0) is 11.3 Å². The molecule has 4 rings (SSSR count). The van der Waals surface area contributed by atoms with Gasteiger partial charge in [-0.05, 0) is 36.4 Å². The molecule has 4 aromatic rings. The van der Waals surface area contributed by atoms with Crippen LogP contribution in [0.15, 0.2) is 87.4 Å². The maximum atomic E-state index is 13.0. The normalized spacial score (nSPS) is 10.9. The van der Waals surface area contributed by atoms with E-state index >= 15 is 0 Å². The van der Waals surface area contributed by atoms with E-state index in [0.717, 1.165) is 5.69 Å². The highest BCUT2D eigenvalue weighted by atomic mass is 32.2. The number of benzene rings is 2. The molecule has 0 saturated carbocycles. The number of amides is 1. The van der Waals surface area contributed by atoms with Crippen LogP contribution in [0.2, 0.25) is 0 Å². The Morgan fingerprint density at radius 2 is 1.83 bits per heavy atom. The van der Waals surface area contributed by atoms with Crippen LogP contribution >= 0.6 is 11.8 Å². The van der Waals surface area contributed by atoms with E-state index in [4.69, 9.17) is 4.42 Å². The maximum absolute atomic E-state index is 13.0. The lowest BCUT2D eigenvalue weighted by molar-refractivity contribution is -0.115. The fraction of sp³-hybridized carbons (Fsp3) is 0.136. The number of carbonyl (C=O) groups excluding carboxylic acids is 1. The Balaban J connectivity index is 1.63. The monoisotopic (exact) mass is 405 g/mol. The summed E-state index contributed by atoms with van der Waals surface area (Å²) in [6.07, 6.45) is 1.57. The first kappa shape index (κ1) is 19.0. The molecule has 0 unspecified atom stereocenters. The van der Waals surface area contributed by atoms with Crippen molar-refractivity contribution < 1.29 is 9.21 Å². The number of furan rings is 1. The molecule has 1 amide bonds. The number of aromatic nitrogens is 2. The molecule has 0 aliphatic heterocycles. The molecule has 146 valence electrons. The summed E-state index contributed by atoms with van der Waals surface area (Å²) >= 11 is 1.25. The van der Waals surface area contributed by atoms with E-state index in [1.54, 1.807) is 41.0 Å². The van der Waals surface area contributed by atoms with Gasteiger partial charge in [0.15, 0.2) is 5.16 Å². The summed E-state index contributed by atoms with van der Waals surface area (Å²) in [6, 6.07) is 20.2. The lowest BCUT2D eigenvalue weighted by atomic mass is 10.2. The number of hydrogen-bond donors (Lipinski definition) is 0. The first-order valence-corrected chi connectivity index (χ1v) is 10.1. The van der Waals surface area contributed by atoms with Gasteiger partial charge in [-0.25, -0.2) is 4.98 Å². The second kappa shape index (κ2) is 8.36. The number of anilines is 1. The van der Waals surface area contributed by atoms with Crippen molar-refractivity contribution in [1.29, 1.82) is 0 Å². The molecule has 0 atom stereocenters. The Morgan fingerprint density at radius 1 is 1.07 bits per heavy atom. The molecular weight excluding hydrogens is 386 g/mol. The summed E-state index contributed by atoms with van der Waals surface area (Å²) in [4.78, 5) is 31.9. The molecule has 29 heavy (non-hydrogen) atoms. The van der Waals surface area contributed by atoms with Crippen LogP contribution in [0.25, 0.3) is 10.9 Å². The zero-order valence-corrected chi connectivity index (χ0v) is 16.6. The first-order chi connectivity index (χ1) is 14.1. The van der Waals surface area contributed by atoms with E-state index in [2.05, 4.69) is 4.98 Å². The minimum atomic E-state index is -0.154. The van der Waals surface area contributed by atoms with Gasteiger partial charge < -0.3 is 9.32 Å². The molecule has 7 heteroatoms. The third-order valence-corrected chi connectivity index (χ3v) is 5.52. The fourth-order valence-corrected chi connectivity index (χ4v) is 3.89. The molecule has 0 fully saturated rings. The van der Waals surface area contributed by atoms with Crippen LogP contribution in [0.1, 0.15) is 5.76 Å². The van der Waals surface area contributed by atoms with Gasteiger partial charge >= 0.3 is 0 Å². The van der Waals surface area contributed by atoms with E-state index in [9.17, 15) is 9.59 Å². The molecule has 0 radical (unpaired) electrons. The Bertz CT molecular complexity index is 1190. The molecule has 0 saturated heterocycles. The van der Waals surface area contributed by atoms with Crippen LogP contribution in [-0.4, -0.2) is 28.3 Å². The van der Waals surface area contributed by atoms with Crippen LogP contribution < -0.4 is 10.5 Å². The zero-order chi connectivity index (χ0) is 20.2. The van der Waals surface area contributed by atoms with E-state index < -0.39 is 0 Å². The molecule has 2 aromatic heterocycles. The van der Waals surface area contributed by atoms with Gasteiger partial charge in [0.25, 0.3) is 5.56 Å². The third kappa shape index (κ3) is 4.09. The van der Waals surface area contributed by atoms with Gasteiger partial charge in [0.05, 0.1) is 29.5 Å². The fourth-order valence-electron chi connectivity index (χ4n) is 2.97. The highest BCUT2D eigenvalue weighted by Gasteiger charge is 2.16. The summed E-state index contributed by atoms with van der Waals surface area (Å²) < 4.78 is 6.97. The summed E-state index contributed by atoms with van der Waals surface area (Å²) in [5.41, 5.74) is 1.27. The van der Waals surface area contributed by atoms with Crippen LogP contribution in [0.5, 0.6) is 0 Å². The van der Waals surface area contributed by atoms with E-state index in [-0.39, 0.29) is 23.8 Å². The molecule has 6 nitrogen and oxygen atoms in total. The predicted molar refractivity (Wildman–Crippen MR) is 114 cm³/mol. The van der Waals surface area contributed by atoms with Crippen molar-refractivity contribution in [2.75, 3.05) is 17.7 Å². The predicted octanol–water partition coefficient (Wildman–Crippen LogP) is 3.79. The first-order valence-electron chi connectivity index (χ1n) is 9.10. The van der Waals surface area contributed by atoms with Gasteiger partial charge in [0.2, 0.25) is 5.91 Å². The number of thioether (sulfide) groups is 1. The van der Waals surface area contributed by atoms with Crippen molar-refractivity contribution >= 4 is 34.3 Å². The lowest BCUT2D eigenvalue weighted by Gasteiger charge is -2.17. The molecule has 2 heterocycles. The highest BCUT2D eigenvalue weighted by molar-refractivity contribution is 7.99. The van der Waals surface area contributed by atoms with Gasteiger partial charge in [-0.15, -0.1) is 0 Å². The minimum absolute atomic E-state index is 0.0758. The minimum Gasteiger partial charge on any atom is -0.467 e. The average Bonchev–Trinajstić information content (AvgIpc) is 3.27. The number of rotatable bonds is 6. The van der Waals surface area contributed by atoms with Crippen molar-refractivity contribution in [2.24, 2.45) is 0 Å². The van der Waals surface area contributed by atoms with Crippen molar-refractivity contribution in [2.45, 2.75) is 11.7 Å². The van der Waals surface area contributed by atoms with Gasteiger partial charge in [-0.3, -0.25) is 14.2 Å². The van der Waals surface area contributed by atoms with Crippen molar-refractivity contribution in [1.82, 2.24) is 9.55 Å². The Labute approximate surface area is 171 Å². The Kier molecular flexibility index (Phi) is 5.48. The van der Waals surface area contributed by atoms with Crippen molar-refractivity contribution in [3.8, 4) is 0 Å². The molecule has 0 bridgehead atoms. The lowest BCUT2D eigenvalue weighted by Crippen LogP contribution is -2.29. The SMILES string of the molecule is CN(C(=O)CSc1nc2ccccc2c(=O)n1Cc1ccco1)c1ccccc1. The molecule has 0 N–H and O–H groups in total. The number of fused-ring (bicyclic) bond motifs is 1. The summed E-state index contributed by atoms with van der Waals surface area (Å²) in [7, 11) is 1.74. The van der Waals surface area contributed by atoms with Crippen molar-refractivity contribution in [3.63, 3.8) is 0 Å². The van der Waals surface area contributed by atoms with Gasteiger partial charge in [-0.2, -0.15) is 0 Å². The summed E-state index contributed by atoms with van der Waals surface area (Å²) in [5, 5.41) is 1.02. The zero-order valence-electron chi connectivity index (χ0n) is 15.8. The van der Waals surface area contributed by atoms with Gasteiger partial charge in [0.1, 0.15) is 5.76 Å². The molecular formula is C22H19N3O3S. The molecule has 0 aliphatic carbocycles. The number of nitrogens with zero attached hydrogens (tertiary/aromatic N) is 3. The van der Waals surface area contributed by atoms with Crippen LogP contribution in [0.4, 0.5) is 5.69 Å². The van der Waals surface area contributed by atoms with Crippen LogP contribution in [0, 0.1) is 0 Å². The number of para-hydroxylation sites is 2. The molecule has 0 aliphatic rings. The third-order valence-electron chi connectivity index (χ3n) is 4.56. The summed E-state index contributed by atoms with van der Waals surface area (Å²) in [6.45, 7) is 0.259. The Hall–Kier alpha value is -3.32. The van der Waals surface area contributed by atoms with Crippen molar-refractivity contribution in [3.05, 3.63) is 89.1 Å². The number of carbonyl (C=O) groups is 1. The topological polar surface area (TPSA) is 68.3 Å². The van der Waals surface area contributed by atoms with E-state index in [1.165, 1.54) is 11.8 Å². The van der Waals surface area contributed by atoms with Gasteiger partial charge in [-0.1, -0.05) is 42.1 Å². The van der Waals surface area contributed by atoms with Gasteiger partial charge in [0, 0.05) is 12.7 Å². The van der Waals surface area contributed by atoms with Crippen LogP contribution in [0.3, 0.4) is 0 Å². The second-order valence-electron chi connectivity index (χ2n) is 6.46. The standard InChI is InChI=1S/C22H19N3O3S/c1-24(16-8-3-2-4-9-16)20(26)15-29-22-23-19-12-6-5-11-18(19)21(27)25(22)14-17-10-7-13-28-17/h2-13H,14-15H2,1H3.